The van der Waals surface area contributed by atoms with Gasteiger partial charge in [0.15, 0.2) is 22.5 Å². The first-order chi connectivity index (χ1) is 23.2. The number of sulfone groups is 1. The fourth-order valence-electron chi connectivity index (χ4n) is 6.47. The number of rotatable bonds is 4. The summed E-state index contributed by atoms with van der Waals surface area (Å²) in [5.74, 6) is -1.25. The van der Waals surface area contributed by atoms with E-state index in [4.69, 9.17) is 9.40 Å². The first-order valence-corrected chi connectivity index (χ1v) is 16.8. The standard InChI is InChI=1S/C37H25N5O5S/c1-3-41(4-2)23-15-13-21-17-26-34(47-30(21)19-23)27(20-38)36(42-29-11-7-6-10-28(29)39-35(26)42)40-37(44)22-14-16-25-32(18-22)48(45,46)31-12-8-5-9-24(31)33(25)43/h5-19H,3-4H2,1-2H3. The second kappa shape index (κ2) is 10.7. The van der Waals surface area contributed by atoms with E-state index in [2.05, 4.69) is 29.8 Å². The molecule has 10 nitrogen and oxygen atoms in total. The van der Waals surface area contributed by atoms with Gasteiger partial charge in [-0.05, 0) is 74.5 Å². The third-order valence-electron chi connectivity index (χ3n) is 8.85. The largest absolute Gasteiger partial charge is 0.454 e. The summed E-state index contributed by atoms with van der Waals surface area (Å²) in [6.07, 6.45) is 0. The smallest absolute Gasteiger partial charge is 0.279 e. The number of para-hydroxylation sites is 2. The van der Waals surface area contributed by atoms with E-state index < -0.39 is 21.5 Å². The van der Waals surface area contributed by atoms with Gasteiger partial charge in [0.25, 0.3) is 5.91 Å². The van der Waals surface area contributed by atoms with Crippen LogP contribution in [0.15, 0.2) is 110 Å². The number of benzene rings is 4. The van der Waals surface area contributed by atoms with Crippen LogP contribution in [0.4, 0.5) is 5.69 Å². The van der Waals surface area contributed by atoms with Crippen molar-refractivity contribution >= 4 is 65.8 Å². The minimum Gasteiger partial charge on any atom is -0.454 e. The van der Waals surface area contributed by atoms with E-state index in [0.717, 1.165) is 24.2 Å². The molecule has 3 aromatic heterocycles. The van der Waals surface area contributed by atoms with Crippen molar-refractivity contribution in [2.45, 2.75) is 23.6 Å². The molecule has 1 amide bonds. The summed E-state index contributed by atoms with van der Waals surface area (Å²) in [5, 5.41) is 11.9. The molecule has 8 rings (SSSR count). The zero-order chi connectivity index (χ0) is 33.3. The molecular weight excluding hydrogens is 627 g/mol. The number of hydrogen-bond acceptors (Lipinski definition) is 8. The van der Waals surface area contributed by atoms with E-state index in [-0.39, 0.29) is 43.1 Å². The summed E-state index contributed by atoms with van der Waals surface area (Å²) in [5.41, 5.74) is 3.39. The second-order valence-electron chi connectivity index (χ2n) is 11.4. The monoisotopic (exact) mass is 651 g/mol. The summed E-state index contributed by atoms with van der Waals surface area (Å²) >= 11 is 0. The Morgan fingerprint density at radius 1 is 0.938 bits per heavy atom. The van der Waals surface area contributed by atoms with Crippen molar-refractivity contribution in [3.05, 3.63) is 119 Å². The number of fused-ring (bicyclic) bond motifs is 8. The molecule has 0 fully saturated rings. The van der Waals surface area contributed by atoms with Crippen molar-refractivity contribution in [3.63, 3.8) is 0 Å². The van der Waals surface area contributed by atoms with Crippen molar-refractivity contribution in [2.24, 2.45) is 4.99 Å². The van der Waals surface area contributed by atoms with Gasteiger partial charge in [0.1, 0.15) is 17.2 Å². The van der Waals surface area contributed by atoms with Gasteiger partial charge in [-0.2, -0.15) is 10.3 Å². The summed E-state index contributed by atoms with van der Waals surface area (Å²) in [6.45, 7) is 5.74. The lowest BCUT2D eigenvalue weighted by atomic mass is 10.0. The Balaban J connectivity index is 1.39. The lowest BCUT2D eigenvalue weighted by molar-refractivity contribution is 0.0993. The minimum absolute atomic E-state index is 0.0105. The van der Waals surface area contributed by atoms with Crippen molar-refractivity contribution in [3.8, 4) is 6.07 Å². The molecule has 7 aromatic rings. The van der Waals surface area contributed by atoms with Crippen LogP contribution in [0.2, 0.25) is 0 Å². The number of aromatic nitrogens is 2. The zero-order valence-electron chi connectivity index (χ0n) is 25.8. The summed E-state index contributed by atoms with van der Waals surface area (Å²) < 4.78 is 35.2. The quantitative estimate of drug-likeness (QED) is 0.204. The third kappa shape index (κ3) is 4.19. The number of hydrogen-bond donors (Lipinski definition) is 0. The average molecular weight is 652 g/mol. The molecule has 0 aliphatic carbocycles. The Morgan fingerprint density at radius 3 is 2.48 bits per heavy atom. The molecule has 234 valence electrons. The molecule has 1 aliphatic rings. The predicted molar refractivity (Wildman–Crippen MR) is 180 cm³/mol. The van der Waals surface area contributed by atoms with Crippen molar-refractivity contribution < 1.29 is 22.4 Å². The average Bonchev–Trinajstić information content (AvgIpc) is 3.50. The SMILES string of the molecule is CCN(CC)c1ccc2cc3c(oc2c1)c(C#N)c(=NC(=O)c1ccc2c(c1)S(=O)(=O)c1ccccc1C2=O)n1c2ccccc2nc31. The Hall–Kier alpha value is -6.12. The molecule has 0 spiro atoms. The number of ketones is 1. The zero-order valence-corrected chi connectivity index (χ0v) is 26.6. The van der Waals surface area contributed by atoms with E-state index in [9.17, 15) is 23.3 Å². The number of pyridine rings is 1. The van der Waals surface area contributed by atoms with E-state index >= 15 is 0 Å². The predicted octanol–water partition coefficient (Wildman–Crippen LogP) is 6.22. The van der Waals surface area contributed by atoms with Gasteiger partial charge in [-0.1, -0.05) is 24.3 Å². The third-order valence-corrected chi connectivity index (χ3v) is 10.7. The van der Waals surface area contributed by atoms with Gasteiger partial charge in [0.2, 0.25) is 9.84 Å². The maximum Gasteiger partial charge on any atom is 0.279 e. The van der Waals surface area contributed by atoms with Crippen LogP contribution >= 0.6 is 0 Å². The minimum atomic E-state index is -4.09. The molecule has 4 aromatic carbocycles. The van der Waals surface area contributed by atoms with E-state index in [1.165, 1.54) is 30.3 Å². The lowest BCUT2D eigenvalue weighted by Gasteiger charge is -2.21. The van der Waals surface area contributed by atoms with Gasteiger partial charge in [-0.25, -0.2) is 13.4 Å². The number of carbonyl (C=O) groups excluding carboxylic acids is 2. The Kier molecular flexibility index (Phi) is 6.54. The van der Waals surface area contributed by atoms with Gasteiger partial charge in [-0.15, -0.1) is 0 Å². The maximum atomic E-state index is 13.9. The van der Waals surface area contributed by atoms with E-state index in [1.54, 1.807) is 16.5 Å². The molecule has 0 radical (unpaired) electrons. The first-order valence-electron chi connectivity index (χ1n) is 15.3. The molecule has 0 saturated heterocycles. The van der Waals surface area contributed by atoms with Crippen LogP contribution in [0.5, 0.6) is 0 Å². The highest BCUT2D eigenvalue weighted by molar-refractivity contribution is 7.91. The Labute approximate surface area is 273 Å². The molecular formula is C37H25N5O5S. The first kappa shape index (κ1) is 29.3. The van der Waals surface area contributed by atoms with E-state index in [0.29, 0.717) is 27.6 Å². The molecule has 0 atom stereocenters. The summed E-state index contributed by atoms with van der Waals surface area (Å²) in [6, 6.07) is 27.2. The Morgan fingerprint density at radius 2 is 1.69 bits per heavy atom. The van der Waals surface area contributed by atoms with Crippen LogP contribution in [-0.4, -0.2) is 42.6 Å². The highest BCUT2D eigenvalue weighted by Crippen LogP contribution is 2.35. The van der Waals surface area contributed by atoms with Crippen LogP contribution < -0.4 is 10.4 Å². The molecule has 48 heavy (non-hydrogen) atoms. The van der Waals surface area contributed by atoms with Crippen LogP contribution in [0, 0.1) is 11.3 Å². The summed E-state index contributed by atoms with van der Waals surface area (Å²) in [4.78, 5) is 38.2. The molecule has 0 saturated carbocycles. The number of imidazole rings is 1. The van der Waals surface area contributed by atoms with Gasteiger partial charge < -0.3 is 9.32 Å². The molecule has 4 heterocycles. The van der Waals surface area contributed by atoms with E-state index in [1.807, 2.05) is 48.5 Å². The topological polar surface area (TPSA) is 138 Å². The molecule has 11 heteroatoms. The fourth-order valence-corrected chi connectivity index (χ4v) is 8.15. The highest BCUT2D eigenvalue weighted by atomic mass is 32.2. The fraction of sp³-hybridized carbons (Fsp3) is 0.108. The van der Waals surface area contributed by atoms with Crippen LogP contribution in [0.1, 0.15) is 45.7 Å². The van der Waals surface area contributed by atoms with Crippen molar-refractivity contribution in [1.29, 1.82) is 5.26 Å². The van der Waals surface area contributed by atoms with Gasteiger partial charge in [0.05, 0.1) is 26.2 Å². The normalized spacial score (nSPS) is 13.9. The van der Waals surface area contributed by atoms with Crippen molar-refractivity contribution in [1.82, 2.24) is 9.38 Å². The second-order valence-corrected chi connectivity index (χ2v) is 13.3. The highest BCUT2D eigenvalue weighted by Gasteiger charge is 2.35. The number of carbonyl (C=O) groups is 2. The Bertz CT molecular complexity index is 2790. The van der Waals surface area contributed by atoms with Crippen LogP contribution in [0.25, 0.3) is 38.6 Å². The maximum absolute atomic E-state index is 13.9. The van der Waals surface area contributed by atoms with Gasteiger partial charge in [-0.3, -0.25) is 14.0 Å². The van der Waals surface area contributed by atoms with Crippen molar-refractivity contribution in [2.75, 3.05) is 18.0 Å². The lowest BCUT2D eigenvalue weighted by Crippen LogP contribution is -2.22. The van der Waals surface area contributed by atoms with Crippen LogP contribution in [0.3, 0.4) is 0 Å². The molecule has 0 N–H and O–H groups in total. The van der Waals surface area contributed by atoms with Gasteiger partial charge >= 0.3 is 0 Å². The van der Waals surface area contributed by atoms with Crippen LogP contribution in [-0.2, 0) is 9.84 Å². The number of nitrogens with zero attached hydrogens (tertiary/aromatic N) is 5. The number of anilines is 1. The number of nitriles is 1. The molecule has 1 aliphatic heterocycles. The molecule has 0 unspecified atom stereocenters. The number of amides is 1. The van der Waals surface area contributed by atoms with Gasteiger partial charge in [0, 0.05) is 46.9 Å². The summed E-state index contributed by atoms with van der Waals surface area (Å²) in [7, 11) is -4.09. The molecule has 0 bridgehead atoms.